The van der Waals surface area contributed by atoms with Gasteiger partial charge < -0.3 is 19.9 Å². The Morgan fingerprint density at radius 1 is 1.30 bits per heavy atom. The van der Waals surface area contributed by atoms with Crippen molar-refractivity contribution in [2.75, 3.05) is 13.7 Å². The Balaban J connectivity index is 2.83. The van der Waals surface area contributed by atoms with Gasteiger partial charge in [-0.05, 0) is 29.7 Å². The zero-order valence-electron chi connectivity index (χ0n) is 15.2. The van der Waals surface area contributed by atoms with Gasteiger partial charge in [0.05, 0.1) is 7.11 Å². The minimum absolute atomic E-state index is 0.123. The van der Waals surface area contributed by atoms with Gasteiger partial charge in [-0.15, -0.1) is 0 Å². The SMILES string of the molecule is COc1cc(/C=C/C(=O)O[C@H](C(=O)NC(N)=O)C(C)C)ccc1OCC#N. The van der Waals surface area contributed by atoms with Crippen LogP contribution in [0.4, 0.5) is 4.79 Å². The number of hydrogen-bond acceptors (Lipinski definition) is 7. The second kappa shape index (κ2) is 10.5. The lowest BCUT2D eigenvalue weighted by Crippen LogP contribution is -2.45. The van der Waals surface area contributed by atoms with E-state index in [2.05, 4.69) is 0 Å². The summed E-state index contributed by atoms with van der Waals surface area (Å²) in [4.78, 5) is 34.6. The summed E-state index contributed by atoms with van der Waals surface area (Å²) in [5.41, 5.74) is 5.51. The topological polar surface area (TPSA) is 141 Å². The molecule has 0 bridgehead atoms. The first-order valence-corrected chi connectivity index (χ1v) is 7.95. The maximum atomic E-state index is 12.0. The molecule has 9 nitrogen and oxygen atoms in total. The quantitative estimate of drug-likeness (QED) is 0.516. The molecule has 1 atom stereocenters. The normalized spacial score (nSPS) is 11.5. The summed E-state index contributed by atoms with van der Waals surface area (Å²) >= 11 is 0. The molecule has 0 heterocycles. The molecule has 0 aliphatic carbocycles. The number of rotatable bonds is 8. The number of primary amides is 1. The van der Waals surface area contributed by atoms with E-state index in [1.165, 1.54) is 13.2 Å². The van der Waals surface area contributed by atoms with Crippen LogP contribution in [0.1, 0.15) is 19.4 Å². The molecule has 144 valence electrons. The first kappa shape index (κ1) is 21.5. The van der Waals surface area contributed by atoms with Crippen LogP contribution in [0.25, 0.3) is 6.08 Å². The number of nitrogens with zero attached hydrogens (tertiary/aromatic N) is 1. The predicted molar refractivity (Wildman–Crippen MR) is 95.6 cm³/mol. The molecule has 0 fully saturated rings. The van der Waals surface area contributed by atoms with E-state index in [1.807, 2.05) is 11.4 Å². The summed E-state index contributed by atoms with van der Waals surface area (Å²) in [5.74, 6) is -1.14. The first-order valence-electron chi connectivity index (χ1n) is 7.95. The molecule has 0 aliphatic rings. The van der Waals surface area contributed by atoms with E-state index in [0.29, 0.717) is 17.1 Å². The molecule has 1 aromatic carbocycles. The van der Waals surface area contributed by atoms with Gasteiger partial charge in [-0.1, -0.05) is 19.9 Å². The standard InChI is InChI=1S/C18H21N3O6/c1-11(2)16(17(23)21-18(20)24)27-15(22)7-5-12-4-6-13(26-9-8-19)14(10-12)25-3/h4-7,10-11,16H,9H2,1-3H3,(H3,20,21,23,24)/b7-5+/t16-/m0/s1. The van der Waals surface area contributed by atoms with Crippen LogP contribution in [-0.2, 0) is 14.3 Å². The Morgan fingerprint density at radius 3 is 2.56 bits per heavy atom. The second-order valence-electron chi connectivity index (χ2n) is 5.65. The highest BCUT2D eigenvalue weighted by atomic mass is 16.5. The van der Waals surface area contributed by atoms with Crippen LogP contribution < -0.4 is 20.5 Å². The highest BCUT2D eigenvalue weighted by Crippen LogP contribution is 2.28. The zero-order chi connectivity index (χ0) is 20.4. The van der Waals surface area contributed by atoms with E-state index in [4.69, 9.17) is 25.2 Å². The summed E-state index contributed by atoms with van der Waals surface area (Å²) in [6.45, 7) is 3.20. The van der Waals surface area contributed by atoms with Crippen molar-refractivity contribution < 1.29 is 28.6 Å². The number of benzene rings is 1. The fourth-order valence-corrected chi connectivity index (χ4v) is 2.03. The van der Waals surface area contributed by atoms with Crippen molar-refractivity contribution in [3.63, 3.8) is 0 Å². The van der Waals surface area contributed by atoms with Crippen molar-refractivity contribution >= 4 is 24.0 Å². The number of urea groups is 1. The number of carbonyl (C=O) groups is 3. The van der Waals surface area contributed by atoms with Crippen LogP contribution >= 0.6 is 0 Å². The minimum atomic E-state index is -1.16. The molecule has 0 aliphatic heterocycles. The molecule has 3 N–H and O–H groups in total. The molecule has 9 heteroatoms. The molecule has 1 aromatic rings. The molecule has 0 aromatic heterocycles. The lowest BCUT2D eigenvalue weighted by molar-refractivity contribution is -0.153. The summed E-state index contributed by atoms with van der Waals surface area (Å²) in [7, 11) is 1.45. The van der Waals surface area contributed by atoms with Gasteiger partial charge in [-0.2, -0.15) is 5.26 Å². The lowest BCUT2D eigenvalue weighted by atomic mass is 10.1. The average Bonchev–Trinajstić information content (AvgIpc) is 2.61. The van der Waals surface area contributed by atoms with Crippen LogP contribution in [0.15, 0.2) is 24.3 Å². The monoisotopic (exact) mass is 375 g/mol. The Morgan fingerprint density at radius 2 is 2.00 bits per heavy atom. The fraction of sp³-hybridized carbons (Fsp3) is 0.333. The minimum Gasteiger partial charge on any atom is -0.493 e. The van der Waals surface area contributed by atoms with Crippen molar-refractivity contribution in [3.8, 4) is 17.6 Å². The second-order valence-corrected chi connectivity index (χ2v) is 5.65. The van der Waals surface area contributed by atoms with Crippen LogP contribution in [0, 0.1) is 17.2 Å². The number of ether oxygens (including phenoxy) is 3. The van der Waals surface area contributed by atoms with Crippen molar-refractivity contribution in [1.29, 1.82) is 5.26 Å². The number of methoxy groups -OCH3 is 1. The summed E-state index contributed by atoms with van der Waals surface area (Å²) in [5, 5.41) is 10.4. The van der Waals surface area contributed by atoms with Gasteiger partial charge in [0.1, 0.15) is 6.07 Å². The number of hydrogen-bond donors (Lipinski definition) is 2. The van der Waals surface area contributed by atoms with Gasteiger partial charge in [0.15, 0.2) is 24.2 Å². The van der Waals surface area contributed by atoms with Crippen molar-refractivity contribution in [3.05, 3.63) is 29.8 Å². The number of carbonyl (C=O) groups excluding carboxylic acids is 3. The molecule has 27 heavy (non-hydrogen) atoms. The molecule has 0 spiro atoms. The largest absolute Gasteiger partial charge is 0.493 e. The van der Waals surface area contributed by atoms with Gasteiger partial charge in [-0.3, -0.25) is 10.1 Å². The highest BCUT2D eigenvalue weighted by molar-refractivity contribution is 5.97. The summed E-state index contributed by atoms with van der Waals surface area (Å²) < 4.78 is 15.5. The number of esters is 1. The highest BCUT2D eigenvalue weighted by Gasteiger charge is 2.26. The molecule has 0 unspecified atom stereocenters. The first-order chi connectivity index (χ1) is 12.8. The Kier molecular flexibility index (Phi) is 8.32. The number of imide groups is 1. The van der Waals surface area contributed by atoms with Crippen LogP contribution in [-0.4, -0.2) is 37.7 Å². The Labute approximate surface area is 156 Å². The van der Waals surface area contributed by atoms with E-state index in [1.54, 1.807) is 32.0 Å². The predicted octanol–water partition coefficient (Wildman–Crippen LogP) is 1.37. The molecule has 3 amide bonds. The Hall–Kier alpha value is -3.54. The summed E-state index contributed by atoms with van der Waals surface area (Å²) in [6, 6.07) is 5.69. The van der Waals surface area contributed by atoms with E-state index >= 15 is 0 Å². The van der Waals surface area contributed by atoms with Gasteiger partial charge in [0, 0.05) is 6.08 Å². The third-order valence-electron chi connectivity index (χ3n) is 3.25. The smallest absolute Gasteiger partial charge is 0.331 e. The maximum absolute atomic E-state index is 12.0. The van der Waals surface area contributed by atoms with E-state index in [0.717, 1.165) is 6.08 Å². The summed E-state index contributed by atoms with van der Waals surface area (Å²) in [6.07, 6.45) is 1.44. The molecule has 0 saturated heterocycles. The lowest BCUT2D eigenvalue weighted by Gasteiger charge is -2.18. The molecular weight excluding hydrogens is 354 g/mol. The van der Waals surface area contributed by atoms with Gasteiger partial charge >= 0.3 is 12.0 Å². The van der Waals surface area contributed by atoms with Crippen LogP contribution in [0.3, 0.4) is 0 Å². The number of nitriles is 1. The third kappa shape index (κ3) is 7.07. The number of amides is 3. The van der Waals surface area contributed by atoms with E-state index < -0.39 is 24.0 Å². The third-order valence-corrected chi connectivity index (χ3v) is 3.25. The van der Waals surface area contributed by atoms with Crippen molar-refractivity contribution in [2.24, 2.45) is 11.7 Å². The van der Waals surface area contributed by atoms with Crippen molar-refractivity contribution in [2.45, 2.75) is 20.0 Å². The zero-order valence-corrected chi connectivity index (χ0v) is 15.2. The van der Waals surface area contributed by atoms with Crippen LogP contribution in [0.2, 0.25) is 0 Å². The van der Waals surface area contributed by atoms with Gasteiger partial charge in [0.25, 0.3) is 5.91 Å². The number of nitrogens with one attached hydrogen (secondary N) is 1. The van der Waals surface area contributed by atoms with E-state index in [-0.39, 0.29) is 12.5 Å². The molecule has 0 radical (unpaired) electrons. The maximum Gasteiger partial charge on any atom is 0.331 e. The average molecular weight is 375 g/mol. The van der Waals surface area contributed by atoms with Gasteiger partial charge in [0.2, 0.25) is 0 Å². The van der Waals surface area contributed by atoms with Crippen LogP contribution in [0.5, 0.6) is 11.5 Å². The molecular formula is C18H21N3O6. The van der Waals surface area contributed by atoms with Gasteiger partial charge in [-0.25, -0.2) is 9.59 Å². The Bertz CT molecular complexity index is 767. The molecule has 0 saturated carbocycles. The van der Waals surface area contributed by atoms with E-state index in [9.17, 15) is 14.4 Å². The number of nitrogens with two attached hydrogens (primary N) is 1. The van der Waals surface area contributed by atoms with Crippen molar-refractivity contribution in [1.82, 2.24) is 5.32 Å². The molecule has 1 rings (SSSR count). The fourth-order valence-electron chi connectivity index (χ4n) is 2.03.